The van der Waals surface area contributed by atoms with Gasteiger partial charge in [0, 0.05) is 25.3 Å². The van der Waals surface area contributed by atoms with Gasteiger partial charge in [-0.15, -0.1) is 5.10 Å². The van der Waals surface area contributed by atoms with E-state index in [-0.39, 0.29) is 11.8 Å². The van der Waals surface area contributed by atoms with Crippen molar-refractivity contribution < 1.29 is 9.21 Å². The van der Waals surface area contributed by atoms with Gasteiger partial charge in [-0.1, -0.05) is 5.21 Å². The number of fused-ring (bicyclic) bond motifs is 3. The maximum atomic E-state index is 12.6. The van der Waals surface area contributed by atoms with E-state index in [4.69, 9.17) is 10.2 Å². The number of hydrogen-bond acceptors (Lipinski definition) is 6. The summed E-state index contributed by atoms with van der Waals surface area (Å²) in [7, 11) is 0. The number of rotatable bonds is 6. The molecule has 0 saturated carbocycles. The second kappa shape index (κ2) is 6.97. The fourth-order valence-corrected chi connectivity index (χ4v) is 4.08. The van der Waals surface area contributed by atoms with Crippen molar-refractivity contribution in [3.05, 3.63) is 36.0 Å². The summed E-state index contributed by atoms with van der Waals surface area (Å²) in [5.74, 6) is 1.42. The molecule has 4 atom stereocenters. The minimum Gasteiger partial charge on any atom is -0.467 e. The van der Waals surface area contributed by atoms with Gasteiger partial charge in [0.25, 0.3) is 0 Å². The first-order chi connectivity index (χ1) is 12.2. The number of furan rings is 1. The van der Waals surface area contributed by atoms with Gasteiger partial charge in [-0.25, -0.2) is 0 Å². The number of piperidine rings is 3. The average molecular weight is 344 g/mol. The Balaban J connectivity index is 1.34. The zero-order valence-corrected chi connectivity index (χ0v) is 14.2. The van der Waals surface area contributed by atoms with Gasteiger partial charge in [0.2, 0.25) is 5.91 Å². The van der Waals surface area contributed by atoms with Crippen LogP contribution in [0, 0.1) is 11.8 Å². The lowest BCUT2D eigenvalue weighted by Crippen LogP contribution is -2.57. The lowest BCUT2D eigenvalue weighted by molar-refractivity contribution is -0.133. The highest BCUT2D eigenvalue weighted by Gasteiger charge is 2.43. The topological polar surface area (TPSA) is 102 Å². The Hall–Kier alpha value is -2.19. The Kier molecular flexibility index (Phi) is 4.54. The Morgan fingerprint density at radius 1 is 1.48 bits per heavy atom. The van der Waals surface area contributed by atoms with Crippen molar-refractivity contribution in [2.45, 2.75) is 38.5 Å². The zero-order valence-electron chi connectivity index (χ0n) is 14.2. The minimum absolute atomic E-state index is 0.0651. The summed E-state index contributed by atoms with van der Waals surface area (Å²) in [5, 5.41) is 11.2. The van der Waals surface area contributed by atoms with Crippen LogP contribution < -0.4 is 11.1 Å². The van der Waals surface area contributed by atoms with Crippen molar-refractivity contribution in [3.63, 3.8) is 0 Å². The van der Waals surface area contributed by atoms with E-state index >= 15 is 0 Å². The van der Waals surface area contributed by atoms with Crippen LogP contribution in [0.2, 0.25) is 0 Å². The Bertz CT molecular complexity index is 713. The minimum atomic E-state index is 0.0651. The molecule has 5 rings (SSSR count). The maximum absolute atomic E-state index is 12.6. The van der Waals surface area contributed by atoms with E-state index in [1.165, 1.54) is 0 Å². The maximum Gasteiger partial charge on any atom is 0.225 e. The molecule has 2 aromatic heterocycles. The fourth-order valence-electron chi connectivity index (χ4n) is 4.08. The Labute approximate surface area is 146 Å². The lowest BCUT2D eigenvalue weighted by atomic mass is 9.75. The monoisotopic (exact) mass is 344 g/mol. The largest absolute Gasteiger partial charge is 0.467 e. The molecule has 134 valence electrons. The smallest absolute Gasteiger partial charge is 0.225 e. The second-order valence-electron chi connectivity index (χ2n) is 6.97. The van der Waals surface area contributed by atoms with E-state index in [0.717, 1.165) is 43.9 Å². The number of hydrogen-bond donors (Lipinski definition) is 2. The molecule has 5 heterocycles. The molecule has 3 aliphatic heterocycles. The zero-order chi connectivity index (χ0) is 17.2. The number of aromatic nitrogens is 3. The molecule has 0 aliphatic carbocycles. The number of nitrogens with two attached hydrogens (primary N) is 1. The second-order valence-corrected chi connectivity index (χ2v) is 6.97. The SMILES string of the molecule is NCc1cn(C[C@H]2C[C@H]3CCN2C[C@@H]3C(=O)NCc2ccco2)nn1. The molecular weight excluding hydrogens is 320 g/mol. The van der Waals surface area contributed by atoms with Gasteiger partial charge < -0.3 is 15.5 Å². The summed E-state index contributed by atoms with van der Waals surface area (Å²) in [5.41, 5.74) is 6.41. The van der Waals surface area contributed by atoms with E-state index in [1.807, 2.05) is 23.0 Å². The van der Waals surface area contributed by atoms with Crippen molar-refractivity contribution in [3.8, 4) is 0 Å². The van der Waals surface area contributed by atoms with Crippen LogP contribution in [0.1, 0.15) is 24.3 Å². The first-order valence-corrected chi connectivity index (χ1v) is 8.86. The fraction of sp³-hybridized carbons (Fsp3) is 0.588. The van der Waals surface area contributed by atoms with Gasteiger partial charge in [-0.2, -0.15) is 0 Å². The molecule has 0 aromatic carbocycles. The first kappa shape index (κ1) is 16.3. The first-order valence-electron chi connectivity index (χ1n) is 8.86. The molecule has 1 amide bonds. The van der Waals surface area contributed by atoms with Crippen molar-refractivity contribution in [1.29, 1.82) is 0 Å². The molecule has 2 aromatic rings. The van der Waals surface area contributed by atoms with E-state index in [0.29, 0.717) is 25.0 Å². The molecule has 2 bridgehead atoms. The third-order valence-electron chi connectivity index (χ3n) is 5.43. The van der Waals surface area contributed by atoms with Gasteiger partial charge in [0.15, 0.2) is 0 Å². The van der Waals surface area contributed by atoms with Crippen LogP contribution in [0.15, 0.2) is 29.0 Å². The Morgan fingerprint density at radius 3 is 3.08 bits per heavy atom. The predicted octanol–water partition coefficient (Wildman–Crippen LogP) is 0.357. The lowest BCUT2D eigenvalue weighted by Gasteiger charge is -2.49. The molecule has 3 saturated heterocycles. The third kappa shape index (κ3) is 3.45. The molecule has 3 aliphatic rings. The number of carbonyl (C=O) groups excluding carboxylic acids is 1. The molecule has 8 nitrogen and oxygen atoms in total. The van der Waals surface area contributed by atoms with Crippen LogP contribution >= 0.6 is 0 Å². The highest BCUT2D eigenvalue weighted by atomic mass is 16.3. The Morgan fingerprint density at radius 2 is 2.40 bits per heavy atom. The van der Waals surface area contributed by atoms with Gasteiger partial charge in [0.1, 0.15) is 5.76 Å². The van der Waals surface area contributed by atoms with Gasteiger partial charge >= 0.3 is 0 Å². The van der Waals surface area contributed by atoms with Gasteiger partial charge in [0.05, 0.1) is 31.0 Å². The van der Waals surface area contributed by atoms with Crippen LogP contribution in [-0.2, 0) is 24.4 Å². The number of amides is 1. The molecular formula is C17H24N6O2. The van der Waals surface area contributed by atoms with Crippen LogP contribution in [0.3, 0.4) is 0 Å². The van der Waals surface area contributed by atoms with Crippen LogP contribution in [0.5, 0.6) is 0 Å². The number of nitrogens with zero attached hydrogens (tertiary/aromatic N) is 4. The summed E-state index contributed by atoms with van der Waals surface area (Å²) in [6.45, 7) is 3.55. The number of nitrogens with one attached hydrogen (secondary N) is 1. The quantitative estimate of drug-likeness (QED) is 0.784. The molecule has 3 fully saturated rings. The van der Waals surface area contributed by atoms with Crippen molar-refractivity contribution in [1.82, 2.24) is 25.2 Å². The molecule has 0 spiro atoms. The van der Waals surface area contributed by atoms with Crippen molar-refractivity contribution >= 4 is 5.91 Å². The molecule has 0 radical (unpaired) electrons. The van der Waals surface area contributed by atoms with E-state index < -0.39 is 0 Å². The highest BCUT2D eigenvalue weighted by molar-refractivity contribution is 5.79. The third-order valence-corrected chi connectivity index (χ3v) is 5.43. The molecule has 8 heteroatoms. The molecule has 25 heavy (non-hydrogen) atoms. The normalized spacial score (nSPS) is 28.2. The number of carbonyl (C=O) groups is 1. The summed E-state index contributed by atoms with van der Waals surface area (Å²) in [6, 6.07) is 4.13. The van der Waals surface area contributed by atoms with Gasteiger partial charge in [-0.05, 0) is 37.4 Å². The van der Waals surface area contributed by atoms with Crippen LogP contribution in [0.4, 0.5) is 0 Å². The van der Waals surface area contributed by atoms with Gasteiger partial charge in [-0.3, -0.25) is 14.4 Å². The summed E-state index contributed by atoms with van der Waals surface area (Å²) < 4.78 is 7.15. The van der Waals surface area contributed by atoms with Crippen LogP contribution in [0.25, 0.3) is 0 Å². The van der Waals surface area contributed by atoms with Crippen molar-refractivity contribution in [2.24, 2.45) is 17.6 Å². The van der Waals surface area contributed by atoms with E-state index in [9.17, 15) is 4.79 Å². The highest BCUT2D eigenvalue weighted by Crippen LogP contribution is 2.36. The standard InChI is InChI=1S/C17H24N6O2/c18-7-13-9-23(21-20-13)10-14-6-12-3-4-22(14)11-16(12)17(24)19-8-15-2-1-5-25-15/h1-2,5,9,12,14,16H,3-4,6-8,10-11,18H2,(H,19,24)/t12-,14-,16+/m1/s1. The van der Waals surface area contributed by atoms with Crippen molar-refractivity contribution in [2.75, 3.05) is 13.1 Å². The molecule has 3 N–H and O–H groups in total. The molecule has 1 unspecified atom stereocenters. The predicted molar refractivity (Wildman–Crippen MR) is 90.0 cm³/mol. The average Bonchev–Trinajstić information content (AvgIpc) is 3.32. The van der Waals surface area contributed by atoms with Crippen LogP contribution in [-0.4, -0.2) is 44.9 Å². The van der Waals surface area contributed by atoms with E-state index in [2.05, 4.69) is 20.5 Å². The summed E-state index contributed by atoms with van der Waals surface area (Å²) in [4.78, 5) is 15.0. The van der Waals surface area contributed by atoms with E-state index in [1.54, 1.807) is 6.26 Å². The summed E-state index contributed by atoms with van der Waals surface area (Å²) in [6.07, 6.45) is 5.65. The summed E-state index contributed by atoms with van der Waals surface area (Å²) >= 11 is 0.